The van der Waals surface area contributed by atoms with Gasteiger partial charge >= 0.3 is 5.97 Å². The minimum absolute atomic E-state index is 0.0818. The molecule has 0 N–H and O–H groups in total. The lowest BCUT2D eigenvalue weighted by atomic mass is 9.34. The first-order valence-electron chi connectivity index (χ1n) is 9.92. The third-order valence-corrected chi connectivity index (χ3v) is 5.79. The average Bonchev–Trinajstić information content (AvgIpc) is 2.26. The van der Waals surface area contributed by atoms with E-state index in [1.165, 1.54) is 11.1 Å². The van der Waals surface area contributed by atoms with Crippen LogP contribution in [-0.4, -0.2) is 23.3 Å². The van der Waals surface area contributed by atoms with Crippen LogP contribution in [0, 0.1) is 21.7 Å². The third kappa shape index (κ3) is 2.52. The standard InChI is InChI=1S/C23H40O3/c1-14-22(17(24)26-21(11,12)13)15(18(2,3)4)16(19(5,6)7)23(22,25-14)20(8,9)10/h14H,1-13H3/t14?,22-,23-/m0/s1. The van der Waals surface area contributed by atoms with Gasteiger partial charge in [-0.2, -0.15) is 0 Å². The summed E-state index contributed by atoms with van der Waals surface area (Å²) in [5.41, 5.74) is 0.240. The Morgan fingerprint density at radius 3 is 1.54 bits per heavy atom. The van der Waals surface area contributed by atoms with E-state index < -0.39 is 16.6 Å². The second-order valence-corrected chi connectivity index (χ2v) is 12.3. The van der Waals surface area contributed by atoms with Gasteiger partial charge in [-0.3, -0.25) is 4.79 Å². The van der Waals surface area contributed by atoms with Gasteiger partial charge in [0, 0.05) is 0 Å². The predicted molar refractivity (Wildman–Crippen MR) is 107 cm³/mol. The molecule has 1 heterocycles. The molecule has 1 unspecified atom stereocenters. The fourth-order valence-electron chi connectivity index (χ4n) is 5.40. The topological polar surface area (TPSA) is 35.5 Å². The molecule has 1 aliphatic heterocycles. The lowest BCUT2D eigenvalue weighted by Crippen LogP contribution is -2.85. The molecule has 2 rings (SSSR count). The monoisotopic (exact) mass is 364 g/mol. The van der Waals surface area contributed by atoms with Crippen molar-refractivity contribution in [2.45, 2.75) is 107 Å². The molecule has 2 aliphatic rings. The summed E-state index contributed by atoms with van der Waals surface area (Å²) in [5.74, 6) is -0.128. The average molecular weight is 365 g/mol. The highest BCUT2D eigenvalue weighted by atomic mass is 16.6. The zero-order chi connectivity index (χ0) is 20.7. The number of ether oxygens (including phenoxy) is 2. The van der Waals surface area contributed by atoms with Crippen LogP contribution in [-0.2, 0) is 14.3 Å². The molecule has 0 bridgehead atoms. The summed E-state index contributed by atoms with van der Waals surface area (Å²) in [4.78, 5) is 13.7. The van der Waals surface area contributed by atoms with Crippen molar-refractivity contribution in [3.63, 3.8) is 0 Å². The Balaban J connectivity index is 2.85. The molecular weight excluding hydrogens is 324 g/mol. The molecule has 0 aromatic heterocycles. The molecule has 1 aliphatic carbocycles. The van der Waals surface area contributed by atoms with Gasteiger partial charge in [0.2, 0.25) is 0 Å². The molecule has 1 saturated heterocycles. The van der Waals surface area contributed by atoms with E-state index in [1.54, 1.807) is 0 Å². The molecule has 1 fully saturated rings. The summed E-state index contributed by atoms with van der Waals surface area (Å²) in [5, 5.41) is 0. The predicted octanol–water partition coefficient (Wildman–Crippen LogP) is 5.92. The first-order valence-corrected chi connectivity index (χ1v) is 9.92. The Kier molecular flexibility index (Phi) is 4.43. The van der Waals surface area contributed by atoms with Crippen LogP contribution in [0.3, 0.4) is 0 Å². The third-order valence-electron chi connectivity index (χ3n) is 5.79. The second-order valence-electron chi connectivity index (χ2n) is 12.3. The SMILES string of the molecule is CC1O[C@]2(C(C)(C)C)C(C(C)(C)C)=C(C(C)(C)C)[C@]12C(=O)OC(C)(C)C. The van der Waals surface area contributed by atoms with E-state index in [2.05, 4.69) is 62.3 Å². The van der Waals surface area contributed by atoms with Crippen LogP contribution in [0.1, 0.15) is 90.0 Å². The zero-order valence-corrected chi connectivity index (χ0v) is 19.3. The molecule has 3 heteroatoms. The van der Waals surface area contributed by atoms with Gasteiger partial charge in [-0.05, 0) is 55.1 Å². The van der Waals surface area contributed by atoms with Gasteiger partial charge in [0.15, 0.2) is 0 Å². The molecule has 3 nitrogen and oxygen atoms in total. The molecule has 0 radical (unpaired) electrons. The number of esters is 1. The molecule has 3 atom stereocenters. The molecule has 0 spiro atoms. The smallest absolute Gasteiger partial charge is 0.322 e. The maximum absolute atomic E-state index is 13.7. The van der Waals surface area contributed by atoms with Crippen molar-refractivity contribution in [2.24, 2.45) is 21.7 Å². The number of rotatable bonds is 1. The van der Waals surface area contributed by atoms with Crippen molar-refractivity contribution in [1.82, 2.24) is 0 Å². The van der Waals surface area contributed by atoms with Crippen molar-refractivity contribution < 1.29 is 14.3 Å². The molecule has 0 saturated carbocycles. The second kappa shape index (κ2) is 5.37. The van der Waals surface area contributed by atoms with Crippen LogP contribution >= 0.6 is 0 Å². The number of hydrogen-bond acceptors (Lipinski definition) is 3. The van der Waals surface area contributed by atoms with Gasteiger partial charge < -0.3 is 9.47 Å². The maximum Gasteiger partial charge on any atom is 0.322 e. The Morgan fingerprint density at radius 1 is 0.846 bits per heavy atom. The minimum Gasteiger partial charge on any atom is -0.459 e. The van der Waals surface area contributed by atoms with Crippen molar-refractivity contribution in [1.29, 1.82) is 0 Å². The van der Waals surface area contributed by atoms with E-state index in [0.29, 0.717) is 0 Å². The molecule has 0 amide bonds. The summed E-state index contributed by atoms with van der Waals surface area (Å²) in [7, 11) is 0. The Hall–Kier alpha value is -0.830. The zero-order valence-electron chi connectivity index (χ0n) is 19.3. The van der Waals surface area contributed by atoms with E-state index >= 15 is 0 Å². The van der Waals surface area contributed by atoms with E-state index in [4.69, 9.17) is 9.47 Å². The highest BCUT2D eigenvalue weighted by molar-refractivity contribution is 5.91. The maximum atomic E-state index is 13.7. The quantitative estimate of drug-likeness (QED) is 0.428. The summed E-state index contributed by atoms with van der Waals surface area (Å²) in [6.07, 6.45) is -0.183. The van der Waals surface area contributed by atoms with Crippen LogP contribution in [0.5, 0.6) is 0 Å². The summed E-state index contributed by atoms with van der Waals surface area (Å²) in [6.45, 7) is 27.7. The van der Waals surface area contributed by atoms with Crippen LogP contribution < -0.4 is 0 Å². The Bertz CT molecular complexity index is 643. The summed E-state index contributed by atoms with van der Waals surface area (Å²) < 4.78 is 12.5. The number of fused-ring (bicyclic) bond motifs is 1. The van der Waals surface area contributed by atoms with Crippen molar-refractivity contribution >= 4 is 5.97 Å². The van der Waals surface area contributed by atoms with E-state index in [-0.39, 0.29) is 28.3 Å². The fraction of sp³-hybridized carbons (Fsp3) is 0.870. The largest absolute Gasteiger partial charge is 0.459 e. The lowest BCUT2D eigenvalue weighted by Gasteiger charge is -2.77. The fourth-order valence-corrected chi connectivity index (χ4v) is 5.40. The van der Waals surface area contributed by atoms with Gasteiger partial charge in [0.1, 0.15) is 16.6 Å². The van der Waals surface area contributed by atoms with Gasteiger partial charge in [-0.1, -0.05) is 62.3 Å². The van der Waals surface area contributed by atoms with Crippen LogP contribution in [0.2, 0.25) is 0 Å². The lowest BCUT2D eigenvalue weighted by molar-refractivity contribution is -0.344. The molecule has 0 aromatic rings. The normalized spacial score (nSPS) is 32.6. The summed E-state index contributed by atoms with van der Waals surface area (Å²) in [6, 6.07) is 0. The molecular formula is C23H40O3. The Morgan fingerprint density at radius 2 is 1.27 bits per heavy atom. The van der Waals surface area contributed by atoms with Crippen molar-refractivity contribution in [2.75, 3.05) is 0 Å². The molecule has 150 valence electrons. The van der Waals surface area contributed by atoms with E-state index in [0.717, 1.165) is 0 Å². The number of hydrogen-bond donors (Lipinski definition) is 0. The van der Waals surface area contributed by atoms with Crippen LogP contribution in [0.15, 0.2) is 11.1 Å². The number of carbonyl (C=O) groups excluding carboxylic acids is 1. The minimum atomic E-state index is -0.709. The molecule has 26 heavy (non-hydrogen) atoms. The highest BCUT2D eigenvalue weighted by Crippen LogP contribution is 2.78. The van der Waals surface area contributed by atoms with Gasteiger partial charge in [0.05, 0.1) is 6.10 Å². The van der Waals surface area contributed by atoms with Gasteiger partial charge in [0.25, 0.3) is 0 Å². The van der Waals surface area contributed by atoms with E-state index in [1.807, 2.05) is 27.7 Å². The van der Waals surface area contributed by atoms with E-state index in [9.17, 15) is 4.79 Å². The first-order chi connectivity index (χ1) is 11.2. The van der Waals surface area contributed by atoms with Crippen molar-refractivity contribution in [3.8, 4) is 0 Å². The van der Waals surface area contributed by atoms with Crippen molar-refractivity contribution in [3.05, 3.63) is 11.1 Å². The summed E-state index contributed by atoms with van der Waals surface area (Å²) >= 11 is 0. The van der Waals surface area contributed by atoms with Gasteiger partial charge in [-0.25, -0.2) is 0 Å². The molecule has 0 aromatic carbocycles. The number of carbonyl (C=O) groups is 1. The Labute approximate surface area is 160 Å². The van der Waals surface area contributed by atoms with Gasteiger partial charge in [-0.15, -0.1) is 0 Å². The first kappa shape index (κ1) is 21.5. The van der Waals surface area contributed by atoms with Crippen LogP contribution in [0.4, 0.5) is 0 Å². The highest BCUT2D eigenvalue weighted by Gasteiger charge is 2.85. The van der Waals surface area contributed by atoms with Crippen LogP contribution in [0.25, 0.3) is 0 Å².